The molecule has 1 aromatic carbocycles. The second kappa shape index (κ2) is 8.42. The number of benzene rings is 1. The molecule has 0 saturated heterocycles. The molecule has 4 N–H and O–H groups in total. The molecule has 23 heavy (non-hydrogen) atoms. The third-order valence-corrected chi connectivity index (χ3v) is 2.65. The van der Waals surface area contributed by atoms with Gasteiger partial charge in [-0.3, -0.25) is 4.99 Å². The molecule has 128 valence electrons. The van der Waals surface area contributed by atoms with Crippen LogP contribution in [0.4, 0.5) is 13.2 Å². The van der Waals surface area contributed by atoms with E-state index >= 15 is 0 Å². The monoisotopic (exact) mass is 331 g/mol. The molecule has 0 bridgehead atoms. The van der Waals surface area contributed by atoms with Crippen molar-refractivity contribution in [3.8, 4) is 5.75 Å². The first-order valence-electron chi connectivity index (χ1n) is 6.84. The van der Waals surface area contributed by atoms with E-state index in [1.807, 2.05) is 6.92 Å². The zero-order valence-corrected chi connectivity index (χ0v) is 12.7. The number of nitrogens with zero attached hydrogens (tertiary/aromatic N) is 1. The highest BCUT2D eigenvalue weighted by molar-refractivity contribution is 5.78. The van der Waals surface area contributed by atoms with Gasteiger partial charge in [0.25, 0.3) is 0 Å². The summed E-state index contributed by atoms with van der Waals surface area (Å²) < 4.78 is 42.8. The summed E-state index contributed by atoms with van der Waals surface area (Å²) in [6.07, 6.45) is -5.43. The van der Waals surface area contributed by atoms with E-state index in [-0.39, 0.29) is 24.9 Å². The van der Waals surface area contributed by atoms with Gasteiger partial charge in [0.05, 0.1) is 12.1 Å². The Kier molecular flexibility index (Phi) is 6.89. The fraction of sp³-hybridized carbons (Fsp3) is 0.400. The van der Waals surface area contributed by atoms with Crippen LogP contribution in [-0.2, 0) is 6.18 Å². The summed E-state index contributed by atoms with van der Waals surface area (Å²) in [5.41, 5.74) is 5.63. The molecule has 0 aromatic heterocycles. The van der Waals surface area contributed by atoms with Crippen LogP contribution in [0.15, 0.2) is 41.4 Å². The van der Waals surface area contributed by atoms with Crippen LogP contribution in [-0.4, -0.2) is 36.9 Å². The van der Waals surface area contributed by atoms with Gasteiger partial charge in [-0.15, -0.1) is 0 Å². The van der Waals surface area contributed by atoms with E-state index < -0.39 is 17.8 Å². The van der Waals surface area contributed by atoms with Crippen molar-refractivity contribution < 1.29 is 23.0 Å². The van der Waals surface area contributed by atoms with E-state index in [4.69, 9.17) is 10.5 Å². The first-order valence-corrected chi connectivity index (χ1v) is 6.84. The van der Waals surface area contributed by atoms with Gasteiger partial charge in [-0.2, -0.15) is 13.2 Å². The van der Waals surface area contributed by atoms with Crippen molar-refractivity contribution in [1.82, 2.24) is 5.32 Å². The van der Waals surface area contributed by atoms with Crippen LogP contribution in [0, 0.1) is 0 Å². The standard InChI is InChI=1S/C15H20F3N3O2/c1-10(2)7-20-14(19)21-8-12(22)9-23-13-5-3-4-11(6-13)15(16,17)18/h3-6,12,22H,1,7-9H2,2H3,(H3,19,20,21). The fourth-order valence-corrected chi connectivity index (χ4v) is 1.51. The third-order valence-electron chi connectivity index (χ3n) is 2.65. The fourth-order valence-electron chi connectivity index (χ4n) is 1.51. The van der Waals surface area contributed by atoms with Crippen molar-refractivity contribution in [2.45, 2.75) is 19.2 Å². The van der Waals surface area contributed by atoms with Crippen LogP contribution in [0.3, 0.4) is 0 Å². The highest BCUT2D eigenvalue weighted by atomic mass is 19.4. The summed E-state index contributed by atoms with van der Waals surface area (Å²) >= 11 is 0. The number of nitrogens with two attached hydrogens (primary N) is 1. The van der Waals surface area contributed by atoms with Crippen molar-refractivity contribution in [2.24, 2.45) is 10.7 Å². The first kappa shape index (κ1) is 18.8. The minimum Gasteiger partial charge on any atom is -0.491 e. The second-order valence-electron chi connectivity index (χ2n) is 5.03. The topological polar surface area (TPSA) is 79.9 Å². The van der Waals surface area contributed by atoms with Crippen LogP contribution < -0.4 is 15.8 Å². The second-order valence-corrected chi connectivity index (χ2v) is 5.03. The maximum atomic E-state index is 12.6. The van der Waals surface area contributed by atoms with E-state index in [2.05, 4.69) is 16.9 Å². The lowest BCUT2D eigenvalue weighted by Crippen LogP contribution is -2.34. The van der Waals surface area contributed by atoms with Gasteiger partial charge in [0.1, 0.15) is 18.5 Å². The quantitative estimate of drug-likeness (QED) is 0.405. The lowest BCUT2D eigenvalue weighted by atomic mass is 10.2. The third kappa shape index (κ3) is 7.55. The summed E-state index contributed by atoms with van der Waals surface area (Å²) in [6.45, 7) is 5.74. The van der Waals surface area contributed by atoms with Gasteiger partial charge in [-0.05, 0) is 25.1 Å². The molecule has 5 nitrogen and oxygen atoms in total. The molecular formula is C15H20F3N3O2. The molecule has 0 saturated carbocycles. The number of aliphatic imine (C=N–C) groups is 1. The van der Waals surface area contributed by atoms with Crippen LogP contribution in [0.5, 0.6) is 5.75 Å². The number of aliphatic hydroxyl groups is 1. The molecule has 1 atom stereocenters. The van der Waals surface area contributed by atoms with Gasteiger partial charge in [-0.1, -0.05) is 18.2 Å². The summed E-state index contributed by atoms with van der Waals surface area (Å²) in [7, 11) is 0. The van der Waals surface area contributed by atoms with E-state index in [1.165, 1.54) is 12.1 Å². The van der Waals surface area contributed by atoms with Crippen molar-refractivity contribution >= 4 is 5.96 Å². The molecule has 0 aliphatic carbocycles. The molecule has 0 heterocycles. The summed E-state index contributed by atoms with van der Waals surface area (Å²) in [4.78, 5) is 3.90. The smallest absolute Gasteiger partial charge is 0.416 e. The van der Waals surface area contributed by atoms with Crippen molar-refractivity contribution in [1.29, 1.82) is 0 Å². The van der Waals surface area contributed by atoms with E-state index in [0.717, 1.165) is 17.7 Å². The zero-order chi connectivity index (χ0) is 17.5. The lowest BCUT2D eigenvalue weighted by Gasteiger charge is -2.13. The molecule has 1 unspecified atom stereocenters. The summed E-state index contributed by atoms with van der Waals surface area (Å²) in [6, 6.07) is 4.44. The van der Waals surface area contributed by atoms with Crippen LogP contribution in [0.2, 0.25) is 0 Å². The highest BCUT2D eigenvalue weighted by Crippen LogP contribution is 2.31. The van der Waals surface area contributed by atoms with Gasteiger partial charge < -0.3 is 20.9 Å². The molecule has 8 heteroatoms. The SMILES string of the molecule is C=C(C)CNC(N)=NCC(O)COc1cccc(C(F)(F)F)c1. The van der Waals surface area contributed by atoms with Crippen LogP contribution in [0.1, 0.15) is 12.5 Å². The molecule has 0 aliphatic rings. The number of nitrogens with one attached hydrogen (secondary N) is 1. The number of rotatable bonds is 7. The molecular weight excluding hydrogens is 311 g/mol. The van der Waals surface area contributed by atoms with Crippen LogP contribution in [0.25, 0.3) is 0 Å². The maximum absolute atomic E-state index is 12.6. The molecule has 1 aromatic rings. The number of halogens is 3. The molecule has 0 spiro atoms. The molecule has 0 fully saturated rings. The number of alkyl halides is 3. The Morgan fingerprint density at radius 2 is 2.17 bits per heavy atom. The Morgan fingerprint density at radius 3 is 2.78 bits per heavy atom. The Hall–Kier alpha value is -2.22. The van der Waals surface area contributed by atoms with Gasteiger partial charge in [0, 0.05) is 6.54 Å². The zero-order valence-electron chi connectivity index (χ0n) is 12.7. The summed E-state index contributed by atoms with van der Waals surface area (Å²) in [5, 5.41) is 12.5. The Bertz CT molecular complexity index is 559. The Labute approximate surface area is 132 Å². The Balaban J connectivity index is 2.46. The predicted octanol–water partition coefficient (Wildman–Crippen LogP) is 1.93. The highest BCUT2D eigenvalue weighted by Gasteiger charge is 2.30. The number of hydrogen-bond donors (Lipinski definition) is 3. The van der Waals surface area contributed by atoms with Gasteiger partial charge in [-0.25, -0.2) is 0 Å². The normalized spacial score (nSPS) is 13.5. The predicted molar refractivity (Wildman–Crippen MR) is 82.3 cm³/mol. The van der Waals surface area contributed by atoms with Crippen molar-refractivity contribution in [3.05, 3.63) is 42.0 Å². The molecule has 0 radical (unpaired) electrons. The van der Waals surface area contributed by atoms with Gasteiger partial charge >= 0.3 is 6.18 Å². The Morgan fingerprint density at radius 1 is 1.48 bits per heavy atom. The molecule has 0 aliphatic heterocycles. The largest absolute Gasteiger partial charge is 0.491 e. The first-order chi connectivity index (χ1) is 10.7. The average Bonchev–Trinajstić information content (AvgIpc) is 2.48. The van der Waals surface area contributed by atoms with Gasteiger partial charge in [0.2, 0.25) is 0 Å². The van der Waals surface area contributed by atoms with E-state index in [1.54, 1.807) is 0 Å². The number of aliphatic hydroxyl groups excluding tert-OH is 1. The maximum Gasteiger partial charge on any atom is 0.416 e. The van der Waals surface area contributed by atoms with Crippen molar-refractivity contribution in [3.63, 3.8) is 0 Å². The minimum atomic E-state index is -4.44. The molecule has 0 amide bonds. The van der Waals surface area contributed by atoms with E-state index in [9.17, 15) is 18.3 Å². The average molecular weight is 331 g/mol. The summed E-state index contributed by atoms with van der Waals surface area (Å²) in [5.74, 6) is 0.169. The number of guanidine groups is 1. The van der Waals surface area contributed by atoms with E-state index in [0.29, 0.717) is 6.54 Å². The minimum absolute atomic E-state index is 0.0243. The van der Waals surface area contributed by atoms with Crippen molar-refractivity contribution in [2.75, 3.05) is 19.7 Å². The lowest BCUT2D eigenvalue weighted by molar-refractivity contribution is -0.137. The number of ether oxygens (including phenoxy) is 1. The molecule has 1 rings (SSSR count). The van der Waals surface area contributed by atoms with Gasteiger partial charge in [0.15, 0.2) is 5.96 Å². The number of hydrogen-bond acceptors (Lipinski definition) is 3. The van der Waals surface area contributed by atoms with Crippen LogP contribution >= 0.6 is 0 Å².